The van der Waals surface area contributed by atoms with E-state index in [1.165, 1.54) is 18.2 Å². The fourth-order valence-electron chi connectivity index (χ4n) is 2.67. The topological polar surface area (TPSA) is 130 Å². The summed E-state index contributed by atoms with van der Waals surface area (Å²) in [7, 11) is 0. The molecule has 1 fully saturated rings. The van der Waals surface area contributed by atoms with E-state index in [2.05, 4.69) is 16.0 Å². The minimum Gasteiger partial charge on any atom is -0.325 e. The van der Waals surface area contributed by atoms with Crippen molar-refractivity contribution in [1.82, 2.24) is 5.32 Å². The SMILES string of the molecule is Cc1ccc(NC(=O)/C=C2/NC(=O)[C@@H](CC(=O)Nc3cc([N+](=O)[O-])ccc3Cl)S2)cc1. The molecule has 0 spiro atoms. The van der Waals surface area contributed by atoms with Crippen LogP contribution in [-0.2, 0) is 14.4 Å². The molecule has 1 aliphatic rings. The Labute approximate surface area is 186 Å². The smallest absolute Gasteiger partial charge is 0.271 e. The molecular weight excluding hydrogens is 444 g/mol. The summed E-state index contributed by atoms with van der Waals surface area (Å²) < 4.78 is 0. The number of thioether (sulfide) groups is 1. The molecule has 11 heteroatoms. The summed E-state index contributed by atoms with van der Waals surface area (Å²) >= 11 is 7.02. The highest BCUT2D eigenvalue weighted by atomic mass is 35.5. The summed E-state index contributed by atoms with van der Waals surface area (Å²) in [6.07, 6.45) is 1.05. The number of nitrogens with one attached hydrogen (secondary N) is 3. The predicted octanol–water partition coefficient (Wildman–Crippen LogP) is 3.60. The van der Waals surface area contributed by atoms with E-state index < -0.39 is 27.9 Å². The Hall–Kier alpha value is -3.37. The van der Waals surface area contributed by atoms with Crippen LogP contribution in [0.4, 0.5) is 17.1 Å². The van der Waals surface area contributed by atoms with E-state index in [0.717, 1.165) is 23.4 Å². The Balaban J connectivity index is 1.59. The minimum atomic E-state index is -0.754. The number of hydrogen-bond donors (Lipinski definition) is 3. The molecule has 1 heterocycles. The standard InChI is InChI=1S/C20H17ClN4O5S/c1-11-2-4-12(5-3-11)22-18(27)10-19-24-20(28)16(31-19)9-17(26)23-15-8-13(25(29)30)6-7-14(15)21/h2-8,10,16H,9H2,1H3,(H,22,27)(H,23,26)(H,24,28)/b19-10-/t16-/m1/s1. The largest absolute Gasteiger partial charge is 0.325 e. The Kier molecular flexibility index (Phi) is 6.93. The van der Waals surface area contributed by atoms with E-state index in [1.54, 1.807) is 12.1 Å². The second-order valence-electron chi connectivity index (χ2n) is 6.63. The fraction of sp³-hybridized carbons (Fsp3) is 0.150. The summed E-state index contributed by atoms with van der Waals surface area (Å²) in [4.78, 5) is 46.9. The van der Waals surface area contributed by atoms with Crippen LogP contribution >= 0.6 is 23.4 Å². The van der Waals surface area contributed by atoms with Gasteiger partial charge in [-0.15, -0.1) is 0 Å². The van der Waals surface area contributed by atoms with Gasteiger partial charge in [-0.25, -0.2) is 0 Å². The van der Waals surface area contributed by atoms with Crippen LogP contribution in [0.25, 0.3) is 0 Å². The number of amides is 3. The highest BCUT2D eigenvalue weighted by Crippen LogP contribution is 2.31. The zero-order valence-electron chi connectivity index (χ0n) is 16.2. The van der Waals surface area contributed by atoms with Crippen molar-refractivity contribution in [3.63, 3.8) is 0 Å². The first-order valence-electron chi connectivity index (χ1n) is 9.02. The molecule has 0 bridgehead atoms. The highest BCUT2D eigenvalue weighted by molar-refractivity contribution is 8.04. The van der Waals surface area contributed by atoms with E-state index in [9.17, 15) is 24.5 Å². The molecule has 9 nitrogen and oxygen atoms in total. The lowest BCUT2D eigenvalue weighted by molar-refractivity contribution is -0.384. The first kappa shape index (κ1) is 22.3. The van der Waals surface area contributed by atoms with Crippen LogP contribution in [-0.4, -0.2) is 27.9 Å². The van der Waals surface area contributed by atoms with Crippen molar-refractivity contribution in [2.75, 3.05) is 10.6 Å². The number of hydrogen-bond acceptors (Lipinski definition) is 6. The molecule has 0 aromatic heterocycles. The van der Waals surface area contributed by atoms with E-state index >= 15 is 0 Å². The molecule has 2 aromatic carbocycles. The van der Waals surface area contributed by atoms with Crippen LogP contribution in [0, 0.1) is 17.0 Å². The summed E-state index contributed by atoms with van der Waals surface area (Å²) in [6.45, 7) is 1.93. The number of carbonyl (C=O) groups excluding carboxylic acids is 3. The lowest BCUT2D eigenvalue weighted by Crippen LogP contribution is -2.26. The molecule has 1 saturated heterocycles. The van der Waals surface area contributed by atoms with Crippen molar-refractivity contribution in [3.8, 4) is 0 Å². The second kappa shape index (κ2) is 9.63. The van der Waals surface area contributed by atoms with E-state index in [0.29, 0.717) is 10.7 Å². The number of benzene rings is 2. The third kappa shape index (κ3) is 6.06. The summed E-state index contributed by atoms with van der Waals surface area (Å²) in [5.41, 5.74) is 1.53. The second-order valence-corrected chi connectivity index (χ2v) is 8.28. The Morgan fingerprint density at radius 3 is 2.61 bits per heavy atom. The number of carbonyl (C=O) groups is 3. The van der Waals surface area contributed by atoms with E-state index in [-0.39, 0.29) is 22.8 Å². The van der Waals surface area contributed by atoms with Gasteiger partial charge in [0.15, 0.2) is 0 Å². The zero-order valence-corrected chi connectivity index (χ0v) is 17.8. The normalized spacial score (nSPS) is 16.6. The maximum absolute atomic E-state index is 12.3. The molecular formula is C20H17ClN4O5S. The number of nitro groups is 1. The van der Waals surface area contributed by atoms with Crippen LogP contribution in [0.3, 0.4) is 0 Å². The Bertz CT molecular complexity index is 1090. The number of nitro benzene ring substituents is 1. The predicted molar refractivity (Wildman–Crippen MR) is 119 cm³/mol. The van der Waals surface area contributed by atoms with Crippen molar-refractivity contribution >= 4 is 58.1 Å². The zero-order chi connectivity index (χ0) is 22.5. The van der Waals surface area contributed by atoms with Gasteiger partial charge in [0.2, 0.25) is 11.8 Å². The molecule has 0 unspecified atom stereocenters. The molecule has 3 rings (SSSR count). The average Bonchev–Trinajstić information content (AvgIpc) is 3.03. The quantitative estimate of drug-likeness (QED) is 0.343. The van der Waals surface area contributed by atoms with Crippen LogP contribution in [0.2, 0.25) is 5.02 Å². The van der Waals surface area contributed by atoms with E-state index in [1.807, 2.05) is 19.1 Å². The van der Waals surface area contributed by atoms with Gasteiger partial charge in [0, 0.05) is 30.3 Å². The fourth-order valence-corrected chi connectivity index (χ4v) is 3.88. The maximum atomic E-state index is 12.3. The molecule has 1 aliphatic heterocycles. The molecule has 1 atom stereocenters. The van der Waals surface area contributed by atoms with Gasteiger partial charge in [0.05, 0.1) is 25.9 Å². The van der Waals surface area contributed by atoms with Crippen LogP contribution in [0.1, 0.15) is 12.0 Å². The van der Waals surface area contributed by atoms with E-state index in [4.69, 9.17) is 11.6 Å². The van der Waals surface area contributed by atoms with Crippen molar-refractivity contribution in [3.05, 3.63) is 74.3 Å². The summed E-state index contributed by atoms with van der Waals surface area (Å²) in [5.74, 6) is -1.37. The number of halogens is 1. The number of anilines is 2. The van der Waals surface area contributed by atoms with Crippen LogP contribution < -0.4 is 16.0 Å². The van der Waals surface area contributed by atoms with Crippen LogP contribution in [0.15, 0.2) is 53.6 Å². The Morgan fingerprint density at radius 2 is 1.94 bits per heavy atom. The molecule has 3 N–H and O–H groups in total. The van der Waals surface area contributed by atoms with Gasteiger partial charge >= 0.3 is 0 Å². The van der Waals surface area contributed by atoms with Crippen molar-refractivity contribution in [1.29, 1.82) is 0 Å². The first-order chi connectivity index (χ1) is 14.7. The third-order valence-electron chi connectivity index (χ3n) is 4.19. The Morgan fingerprint density at radius 1 is 1.23 bits per heavy atom. The van der Waals surface area contributed by atoms with Gasteiger partial charge < -0.3 is 16.0 Å². The summed E-state index contributed by atoms with van der Waals surface area (Å²) in [5, 5.41) is 18.3. The van der Waals surface area contributed by atoms with Gasteiger partial charge in [-0.3, -0.25) is 24.5 Å². The van der Waals surface area contributed by atoms with Gasteiger partial charge in [0.1, 0.15) is 0 Å². The average molecular weight is 461 g/mol. The van der Waals surface area contributed by atoms with Crippen molar-refractivity contribution in [2.45, 2.75) is 18.6 Å². The number of nitrogens with zero attached hydrogens (tertiary/aromatic N) is 1. The number of aryl methyl sites for hydroxylation is 1. The van der Waals surface area contributed by atoms with Crippen molar-refractivity contribution in [2.24, 2.45) is 0 Å². The van der Waals surface area contributed by atoms with Crippen molar-refractivity contribution < 1.29 is 19.3 Å². The monoisotopic (exact) mass is 460 g/mol. The third-order valence-corrected chi connectivity index (χ3v) is 5.66. The lowest BCUT2D eigenvalue weighted by atomic mass is 10.2. The highest BCUT2D eigenvalue weighted by Gasteiger charge is 2.31. The van der Waals surface area contributed by atoms with Gasteiger partial charge in [-0.05, 0) is 25.1 Å². The molecule has 0 aliphatic carbocycles. The number of rotatable bonds is 6. The maximum Gasteiger partial charge on any atom is 0.271 e. The summed E-state index contributed by atoms with van der Waals surface area (Å²) in [6, 6.07) is 10.9. The molecule has 0 radical (unpaired) electrons. The number of non-ortho nitro benzene ring substituents is 1. The van der Waals surface area contributed by atoms with Gasteiger partial charge in [-0.2, -0.15) is 0 Å². The first-order valence-corrected chi connectivity index (χ1v) is 10.3. The molecule has 0 saturated carbocycles. The molecule has 31 heavy (non-hydrogen) atoms. The minimum absolute atomic E-state index is 0.0810. The van der Waals surface area contributed by atoms with Gasteiger partial charge in [0.25, 0.3) is 11.6 Å². The van der Waals surface area contributed by atoms with Gasteiger partial charge in [-0.1, -0.05) is 41.1 Å². The molecule has 160 valence electrons. The molecule has 3 amide bonds. The molecule has 2 aromatic rings. The van der Waals surface area contributed by atoms with Crippen LogP contribution in [0.5, 0.6) is 0 Å². The lowest BCUT2D eigenvalue weighted by Gasteiger charge is -2.09.